The van der Waals surface area contributed by atoms with Gasteiger partial charge in [0.2, 0.25) is 0 Å². The molecule has 0 atom stereocenters. The van der Waals surface area contributed by atoms with E-state index >= 15 is 0 Å². The van der Waals surface area contributed by atoms with Crippen LogP contribution in [-0.4, -0.2) is 9.78 Å². The van der Waals surface area contributed by atoms with Crippen LogP contribution in [0.2, 0.25) is 5.02 Å². The number of halogens is 2. The Balaban J connectivity index is 2.28. The number of benzene rings is 1. The minimum absolute atomic E-state index is 0.411. The van der Waals surface area contributed by atoms with Crippen molar-refractivity contribution in [3.05, 3.63) is 52.3 Å². The van der Waals surface area contributed by atoms with E-state index in [1.165, 1.54) is 11.3 Å². The first-order valence-electron chi connectivity index (χ1n) is 5.96. The van der Waals surface area contributed by atoms with Gasteiger partial charge in [-0.25, -0.2) is 0 Å². The zero-order valence-corrected chi connectivity index (χ0v) is 12.0. The summed E-state index contributed by atoms with van der Waals surface area (Å²) in [6.45, 7) is 5.07. The molecule has 0 bridgehead atoms. The molecule has 0 unspecified atom stereocenters. The summed E-state index contributed by atoms with van der Waals surface area (Å²) >= 11 is 11.8. The fourth-order valence-electron chi connectivity index (χ4n) is 2.09. The maximum atomic E-state index is 5.94. The van der Waals surface area contributed by atoms with E-state index in [1.807, 2.05) is 35.1 Å². The van der Waals surface area contributed by atoms with Crippen molar-refractivity contribution in [2.24, 2.45) is 0 Å². The highest BCUT2D eigenvalue weighted by molar-refractivity contribution is 6.30. The van der Waals surface area contributed by atoms with Gasteiger partial charge in [0, 0.05) is 16.3 Å². The standard InChI is InChI=1S/C14H16Cl2N2/c1-10(2)14-12(7-15)8-17-18(14)9-11-3-5-13(16)6-4-11/h3-6,8,10H,7,9H2,1-2H3. The molecule has 96 valence electrons. The van der Waals surface area contributed by atoms with Crippen LogP contribution >= 0.6 is 23.2 Å². The largest absolute Gasteiger partial charge is 0.265 e. The van der Waals surface area contributed by atoms with Gasteiger partial charge < -0.3 is 0 Å². The summed E-state index contributed by atoms with van der Waals surface area (Å²) in [6.07, 6.45) is 1.86. The van der Waals surface area contributed by atoms with Gasteiger partial charge in [0.15, 0.2) is 0 Å². The lowest BCUT2D eigenvalue weighted by molar-refractivity contribution is 0.615. The molecule has 0 N–H and O–H groups in total. The van der Waals surface area contributed by atoms with Crippen LogP contribution in [0.1, 0.15) is 36.6 Å². The number of aromatic nitrogens is 2. The lowest BCUT2D eigenvalue weighted by Crippen LogP contribution is -2.08. The van der Waals surface area contributed by atoms with E-state index in [0.717, 1.165) is 17.1 Å². The molecule has 1 aromatic heterocycles. The summed E-state index contributed by atoms with van der Waals surface area (Å²) in [6, 6.07) is 7.85. The van der Waals surface area contributed by atoms with Crippen molar-refractivity contribution in [2.75, 3.05) is 0 Å². The topological polar surface area (TPSA) is 17.8 Å². The zero-order chi connectivity index (χ0) is 13.1. The monoisotopic (exact) mass is 282 g/mol. The van der Waals surface area contributed by atoms with Crippen LogP contribution in [0.3, 0.4) is 0 Å². The van der Waals surface area contributed by atoms with Crippen molar-refractivity contribution < 1.29 is 0 Å². The van der Waals surface area contributed by atoms with Crippen LogP contribution in [0.4, 0.5) is 0 Å². The Bertz CT molecular complexity index is 515. The van der Waals surface area contributed by atoms with E-state index in [2.05, 4.69) is 18.9 Å². The lowest BCUT2D eigenvalue weighted by Gasteiger charge is -2.12. The second-order valence-electron chi connectivity index (χ2n) is 4.63. The first-order chi connectivity index (χ1) is 8.61. The summed E-state index contributed by atoms with van der Waals surface area (Å²) < 4.78 is 2.02. The van der Waals surface area contributed by atoms with E-state index in [1.54, 1.807) is 0 Å². The Morgan fingerprint density at radius 3 is 2.44 bits per heavy atom. The van der Waals surface area contributed by atoms with Gasteiger partial charge >= 0.3 is 0 Å². The summed E-state index contributed by atoms with van der Waals surface area (Å²) in [5.41, 5.74) is 3.51. The Labute approximate surface area is 118 Å². The number of hydrogen-bond donors (Lipinski definition) is 0. The molecule has 0 radical (unpaired) electrons. The van der Waals surface area contributed by atoms with E-state index in [-0.39, 0.29) is 0 Å². The van der Waals surface area contributed by atoms with E-state index in [4.69, 9.17) is 23.2 Å². The SMILES string of the molecule is CC(C)c1c(CCl)cnn1Cc1ccc(Cl)cc1. The zero-order valence-electron chi connectivity index (χ0n) is 10.5. The molecule has 0 amide bonds. The number of alkyl halides is 1. The van der Waals surface area contributed by atoms with Gasteiger partial charge in [-0.2, -0.15) is 5.10 Å². The number of hydrogen-bond acceptors (Lipinski definition) is 1. The fourth-order valence-corrected chi connectivity index (χ4v) is 2.43. The molecular formula is C14H16Cl2N2. The quantitative estimate of drug-likeness (QED) is 0.758. The third-order valence-electron chi connectivity index (χ3n) is 2.90. The second-order valence-corrected chi connectivity index (χ2v) is 5.33. The third kappa shape index (κ3) is 2.88. The molecular weight excluding hydrogens is 267 g/mol. The van der Waals surface area contributed by atoms with Crippen LogP contribution in [0.25, 0.3) is 0 Å². The van der Waals surface area contributed by atoms with Crippen LogP contribution < -0.4 is 0 Å². The highest BCUT2D eigenvalue weighted by Crippen LogP contribution is 2.22. The first-order valence-corrected chi connectivity index (χ1v) is 6.88. The molecule has 18 heavy (non-hydrogen) atoms. The number of rotatable bonds is 4. The average Bonchev–Trinajstić information content (AvgIpc) is 2.75. The maximum Gasteiger partial charge on any atom is 0.0662 e. The van der Waals surface area contributed by atoms with Crippen LogP contribution in [0.5, 0.6) is 0 Å². The first kappa shape index (κ1) is 13.4. The molecule has 0 spiro atoms. The Kier molecular flexibility index (Phi) is 4.31. The fraction of sp³-hybridized carbons (Fsp3) is 0.357. The van der Waals surface area contributed by atoms with Crippen LogP contribution in [0.15, 0.2) is 30.5 Å². The third-order valence-corrected chi connectivity index (χ3v) is 3.44. The minimum atomic E-state index is 0.411. The summed E-state index contributed by atoms with van der Waals surface area (Å²) in [4.78, 5) is 0. The molecule has 2 rings (SSSR count). The summed E-state index contributed by atoms with van der Waals surface area (Å²) in [5, 5.41) is 5.18. The van der Waals surface area contributed by atoms with Gasteiger partial charge in [-0.15, -0.1) is 11.6 Å². The summed E-state index contributed by atoms with van der Waals surface area (Å²) in [5.74, 6) is 0.919. The molecule has 0 fully saturated rings. The van der Waals surface area contributed by atoms with Crippen molar-refractivity contribution >= 4 is 23.2 Å². The molecule has 0 aliphatic heterocycles. The Morgan fingerprint density at radius 2 is 1.89 bits per heavy atom. The van der Waals surface area contributed by atoms with Gasteiger partial charge in [-0.05, 0) is 23.6 Å². The molecule has 0 aliphatic carbocycles. The van der Waals surface area contributed by atoms with Crippen molar-refractivity contribution in [3.63, 3.8) is 0 Å². The minimum Gasteiger partial charge on any atom is -0.265 e. The Morgan fingerprint density at radius 1 is 1.22 bits per heavy atom. The van der Waals surface area contributed by atoms with Crippen LogP contribution in [0, 0.1) is 0 Å². The van der Waals surface area contributed by atoms with E-state index < -0.39 is 0 Å². The van der Waals surface area contributed by atoms with Gasteiger partial charge in [-0.3, -0.25) is 4.68 Å². The van der Waals surface area contributed by atoms with Crippen molar-refractivity contribution in [1.29, 1.82) is 0 Å². The lowest BCUT2D eigenvalue weighted by atomic mass is 10.1. The van der Waals surface area contributed by atoms with E-state index in [0.29, 0.717) is 11.8 Å². The molecule has 0 saturated heterocycles. The molecule has 2 nitrogen and oxygen atoms in total. The summed E-state index contributed by atoms with van der Waals surface area (Å²) in [7, 11) is 0. The normalized spacial score (nSPS) is 11.2. The molecule has 0 aliphatic rings. The van der Waals surface area contributed by atoms with E-state index in [9.17, 15) is 0 Å². The Hall–Kier alpha value is -0.990. The smallest absolute Gasteiger partial charge is 0.0662 e. The highest BCUT2D eigenvalue weighted by atomic mass is 35.5. The molecule has 1 aromatic carbocycles. The molecule has 4 heteroatoms. The molecule has 1 heterocycles. The van der Waals surface area contributed by atoms with Crippen molar-refractivity contribution in [3.8, 4) is 0 Å². The maximum absolute atomic E-state index is 5.94. The predicted octanol–water partition coefficient (Wildman–Crippen LogP) is 4.45. The molecule has 0 saturated carbocycles. The average molecular weight is 283 g/mol. The highest BCUT2D eigenvalue weighted by Gasteiger charge is 2.13. The van der Waals surface area contributed by atoms with Gasteiger partial charge in [0.25, 0.3) is 0 Å². The number of nitrogens with zero attached hydrogens (tertiary/aromatic N) is 2. The van der Waals surface area contributed by atoms with Crippen LogP contribution in [-0.2, 0) is 12.4 Å². The van der Waals surface area contributed by atoms with Gasteiger partial charge in [0.05, 0.1) is 18.6 Å². The predicted molar refractivity (Wildman–Crippen MR) is 76.4 cm³/mol. The van der Waals surface area contributed by atoms with Gasteiger partial charge in [0.1, 0.15) is 0 Å². The van der Waals surface area contributed by atoms with Gasteiger partial charge in [-0.1, -0.05) is 37.6 Å². The van der Waals surface area contributed by atoms with Crippen molar-refractivity contribution in [2.45, 2.75) is 32.2 Å². The second kappa shape index (κ2) is 5.77. The van der Waals surface area contributed by atoms with Crippen molar-refractivity contribution in [1.82, 2.24) is 9.78 Å². The molecule has 2 aromatic rings.